The number of halogens is 1. The SMILES string of the molecule is O=Cc1cnc2c(NC(=O)OC3CC3)nc(-c3cccc(F)c3)cn12. The highest BCUT2D eigenvalue weighted by atomic mass is 19.1. The number of carbonyl (C=O) groups is 2. The summed E-state index contributed by atoms with van der Waals surface area (Å²) in [5.41, 5.74) is 1.48. The minimum atomic E-state index is -0.635. The molecule has 0 radical (unpaired) electrons. The summed E-state index contributed by atoms with van der Waals surface area (Å²) in [6.45, 7) is 0. The van der Waals surface area contributed by atoms with Crippen molar-refractivity contribution in [1.29, 1.82) is 0 Å². The lowest BCUT2D eigenvalue weighted by Crippen LogP contribution is -2.17. The van der Waals surface area contributed by atoms with E-state index in [2.05, 4.69) is 15.3 Å². The van der Waals surface area contributed by atoms with Crippen LogP contribution in [0.1, 0.15) is 23.3 Å². The number of benzene rings is 1. The molecule has 1 aliphatic carbocycles. The number of anilines is 1. The van der Waals surface area contributed by atoms with Crippen molar-refractivity contribution in [2.45, 2.75) is 18.9 Å². The molecule has 1 aromatic carbocycles. The van der Waals surface area contributed by atoms with Gasteiger partial charge in [0.1, 0.15) is 17.6 Å². The normalized spacial score (nSPS) is 13.6. The number of hydrogen-bond acceptors (Lipinski definition) is 5. The third kappa shape index (κ3) is 3.06. The Morgan fingerprint density at radius 3 is 2.96 bits per heavy atom. The lowest BCUT2D eigenvalue weighted by molar-refractivity contribution is 0.111. The van der Waals surface area contributed by atoms with Crippen molar-refractivity contribution < 1.29 is 18.7 Å². The molecule has 3 aromatic rings. The number of ether oxygens (including phenoxy) is 1. The Bertz CT molecular complexity index is 981. The van der Waals surface area contributed by atoms with E-state index in [0.29, 0.717) is 23.2 Å². The zero-order valence-electron chi connectivity index (χ0n) is 13.0. The monoisotopic (exact) mass is 340 g/mol. The van der Waals surface area contributed by atoms with E-state index in [1.54, 1.807) is 18.3 Å². The molecule has 8 heteroatoms. The lowest BCUT2D eigenvalue weighted by Gasteiger charge is -2.10. The highest BCUT2D eigenvalue weighted by Gasteiger charge is 2.26. The van der Waals surface area contributed by atoms with E-state index in [1.165, 1.54) is 22.7 Å². The van der Waals surface area contributed by atoms with Crippen LogP contribution in [0.2, 0.25) is 0 Å². The van der Waals surface area contributed by atoms with Gasteiger partial charge in [0.2, 0.25) is 0 Å². The molecule has 126 valence electrons. The molecule has 1 saturated carbocycles. The molecular formula is C17H13FN4O3. The zero-order valence-corrected chi connectivity index (χ0v) is 13.0. The minimum absolute atomic E-state index is 0.0623. The van der Waals surface area contributed by atoms with Crippen molar-refractivity contribution in [3.8, 4) is 11.3 Å². The van der Waals surface area contributed by atoms with Gasteiger partial charge in [-0.05, 0) is 25.0 Å². The molecule has 0 unspecified atom stereocenters. The van der Waals surface area contributed by atoms with Gasteiger partial charge >= 0.3 is 6.09 Å². The first kappa shape index (κ1) is 15.3. The van der Waals surface area contributed by atoms with Gasteiger partial charge in [-0.1, -0.05) is 12.1 Å². The quantitative estimate of drug-likeness (QED) is 0.738. The number of aromatic nitrogens is 3. The Kier molecular flexibility index (Phi) is 3.64. The third-order valence-corrected chi connectivity index (χ3v) is 3.78. The van der Waals surface area contributed by atoms with E-state index in [0.717, 1.165) is 12.8 Å². The average Bonchev–Trinajstić information content (AvgIpc) is 3.30. The van der Waals surface area contributed by atoms with E-state index in [-0.39, 0.29) is 17.6 Å². The van der Waals surface area contributed by atoms with Crippen LogP contribution in [0.3, 0.4) is 0 Å². The van der Waals surface area contributed by atoms with E-state index in [9.17, 15) is 14.0 Å². The summed E-state index contributed by atoms with van der Waals surface area (Å²) in [7, 11) is 0. The van der Waals surface area contributed by atoms with Gasteiger partial charge in [0.05, 0.1) is 11.9 Å². The highest BCUT2D eigenvalue weighted by Crippen LogP contribution is 2.26. The number of nitrogens with one attached hydrogen (secondary N) is 1. The summed E-state index contributed by atoms with van der Waals surface area (Å²) in [5, 5.41) is 2.55. The van der Waals surface area contributed by atoms with Gasteiger partial charge in [-0.25, -0.2) is 19.2 Å². The molecule has 0 bridgehead atoms. The molecule has 25 heavy (non-hydrogen) atoms. The number of carbonyl (C=O) groups excluding carboxylic acids is 2. The highest BCUT2D eigenvalue weighted by molar-refractivity contribution is 5.89. The van der Waals surface area contributed by atoms with Crippen LogP contribution in [-0.4, -0.2) is 32.9 Å². The fraction of sp³-hybridized carbons (Fsp3) is 0.176. The molecule has 1 fully saturated rings. The largest absolute Gasteiger partial charge is 0.446 e. The number of nitrogens with zero attached hydrogens (tertiary/aromatic N) is 3. The number of amides is 1. The van der Waals surface area contributed by atoms with E-state index >= 15 is 0 Å². The Balaban J connectivity index is 1.80. The van der Waals surface area contributed by atoms with Gasteiger partial charge in [0.25, 0.3) is 0 Å². The van der Waals surface area contributed by atoms with Crippen molar-refractivity contribution in [3.05, 3.63) is 48.2 Å². The van der Waals surface area contributed by atoms with Crippen LogP contribution in [0.25, 0.3) is 16.9 Å². The van der Waals surface area contributed by atoms with Crippen LogP contribution in [-0.2, 0) is 4.74 Å². The first-order valence-corrected chi connectivity index (χ1v) is 7.71. The lowest BCUT2D eigenvalue weighted by atomic mass is 10.1. The fourth-order valence-corrected chi connectivity index (χ4v) is 2.43. The van der Waals surface area contributed by atoms with Crippen LogP contribution in [0.5, 0.6) is 0 Å². The molecule has 0 spiro atoms. The molecule has 7 nitrogen and oxygen atoms in total. The molecule has 1 N–H and O–H groups in total. The minimum Gasteiger partial charge on any atom is -0.446 e. The van der Waals surface area contributed by atoms with Crippen LogP contribution in [0.4, 0.5) is 15.0 Å². The molecule has 2 heterocycles. The smallest absolute Gasteiger partial charge is 0.413 e. The molecule has 4 rings (SSSR count). The fourth-order valence-electron chi connectivity index (χ4n) is 2.43. The molecule has 0 saturated heterocycles. The Morgan fingerprint density at radius 2 is 2.24 bits per heavy atom. The van der Waals surface area contributed by atoms with E-state index in [1.807, 2.05) is 0 Å². The average molecular weight is 340 g/mol. The van der Waals surface area contributed by atoms with Crippen molar-refractivity contribution in [2.24, 2.45) is 0 Å². The van der Waals surface area contributed by atoms with Gasteiger partial charge in [0.15, 0.2) is 17.8 Å². The Morgan fingerprint density at radius 1 is 1.40 bits per heavy atom. The second-order valence-corrected chi connectivity index (χ2v) is 5.71. The number of rotatable bonds is 4. The molecule has 1 amide bonds. The Hall–Kier alpha value is -3.29. The zero-order chi connectivity index (χ0) is 17.4. The maximum absolute atomic E-state index is 13.5. The summed E-state index contributed by atoms with van der Waals surface area (Å²) in [4.78, 5) is 31.6. The number of imidazole rings is 1. The Labute approximate surface area is 141 Å². The summed E-state index contributed by atoms with van der Waals surface area (Å²) < 4.78 is 20.2. The molecular weight excluding hydrogens is 327 g/mol. The molecule has 0 atom stereocenters. The van der Waals surface area contributed by atoms with Gasteiger partial charge in [-0.2, -0.15) is 0 Å². The predicted octanol–water partition coefficient (Wildman–Crippen LogP) is 3.06. The first-order valence-electron chi connectivity index (χ1n) is 7.71. The van der Waals surface area contributed by atoms with Crippen LogP contribution < -0.4 is 5.32 Å². The van der Waals surface area contributed by atoms with Gasteiger partial charge in [-0.3, -0.25) is 14.5 Å². The summed E-state index contributed by atoms with van der Waals surface area (Å²) in [6.07, 6.45) is 4.57. The van der Waals surface area contributed by atoms with E-state index in [4.69, 9.17) is 4.74 Å². The summed E-state index contributed by atoms with van der Waals surface area (Å²) >= 11 is 0. The number of aldehydes is 1. The third-order valence-electron chi connectivity index (χ3n) is 3.78. The molecule has 1 aliphatic rings. The maximum Gasteiger partial charge on any atom is 0.413 e. The van der Waals surface area contributed by atoms with Crippen molar-refractivity contribution in [1.82, 2.24) is 14.4 Å². The van der Waals surface area contributed by atoms with Gasteiger partial charge < -0.3 is 4.74 Å². The molecule has 0 aliphatic heterocycles. The van der Waals surface area contributed by atoms with Crippen LogP contribution >= 0.6 is 0 Å². The van der Waals surface area contributed by atoms with Crippen molar-refractivity contribution in [3.63, 3.8) is 0 Å². The summed E-state index contributed by atoms with van der Waals surface area (Å²) in [5.74, 6) is -0.274. The standard InChI is InChI=1S/C17H13FN4O3/c18-11-3-1-2-10(6-11)14-8-22-12(9-23)7-19-16(22)15(20-14)21-17(24)25-13-4-5-13/h1-3,6-9,13H,4-5H2,(H,20,21,24). The van der Waals surface area contributed by atoms with Crippen molar-refractivity contribution >= 4 is 23.8 Å². The molecule has 2 aromatic heterocycles. The van der Waals surface area contributed by atoms with Gasteiger partial charge in [-0.15, -0.1) is 0 Å². The van der Waals surface area contributed by atoms with Crippen molar-refractivity contribution in [2.75, 3.05) is 5.32 Å². The van der Waals surface area contributed by atoms with Gasteiger partial charge in [0, 0.05) is 11.8 Å². The summed E-state index contributed by atoms with van der Waals surface area (Å²) in [6, 6.07) is 5.88. The second-order valence-electron chi connectivity index (χ2n) is 5.71. The topological polar surface area (TPSA) is 85.6 Å². The van der Waals surface area contributed by atoms with E-state index < -0.39 is 11.9 Å². The number of fused-ring (bicyclic) bond motifs is 1. The van der Waals surface area contributed by atoms with Crippen LogP contribution in [0, 0.1) is 5.82 Å². The first-order chi connectivity index (χ1) is 12.1. The predicted molar refractivity (Wildman–Crippen MR) is 86.9 cm³/mol. The van der Waals surface area contributed by atoms with Crippen LogP contribution in [0.15, 0.2) is 36.7 Å². The second kappa shape index (κ2) is 5.97. The maximum atomic E-state index is 13.5. The number of hydrogen-bond donors (Lipinski definition) is 1.